The number of carbonyl (C=O) groups is 1. The number of carbonyl (C=O) groups excluding carboxylic acids is 1. The van der Waals surface area contributed by atoms with Crippen molar-refractivity contribution < 1.29 is 23.5 Å². The molecular formula is C12H23FN2O2. The van der Waals surface area contributed by atoms with Crippen LogP contribution in [0.15, 0.2) is 0 Å². The Labute approximate surface area is 112 Å². The number of alkyl halides is 1. The van der Waals surface area contributed by atoms with Crippen LogP contribution in [0, 0.1) is 0 Å². The van der Waals surface area contributed by atoms with Gasteiger partial charge in [-0.25, -0.2) is 9.18 Å². The Morgan fingerprint density at radius 2 is 2.24 bits per heavy atom. The number of hydrogen-bond donors (Lipinski definition) is 1. The number of halogens is 1. The maximum absolute atomic E-state index is 14.2. The van der Waals surface area contributed by atoms with Crippen LogP contribution in [-0.4, -0.2) is 47.9 Å². The fourth-order valence-electron chi connectivity index (χ4n) is 1.56. The molecule has 17 heavy (non-hydrogen) atoms. The molecule has 5 heteroatoms. The van der Waals surface area contributed by atoms with E-state index in [2.05, 4.69) is 5.32 Å². The summed E-state index contributed by atoms with van der Waals surface area (Å²) in [4.78, 5) is 13.0. The van der Waals surface area contributed by atoms with E-state index < -0.39 is 43.6 Å². The fraction of sp³-hybridized carbons (Fsp3) is 0.917. The van der Waals surface area contributed by atoms with Crippen LogP contribution in [0.1, 0.15) is 44.1 Å². The van der Waals surface area contributed by atoms with Gasteiger partial charge in [-0.3, -0.25) is 0 Å². The van der Waals surface area contributed by atoms with E-state index in [1.165, 1.54) is 0 Å². The molecule has 4 nitrogen and oxygen atoms in total. The maximum Gasteiger partial charge on any atom is 0.410 e. The lowest BCUT2D eigenvalue weighted by atomic mass is 10.2. The first-order valence-electron chi connectivity index (χ1n) is 8.88. The van der Waals surface area contributed by atoms with Crippen molar-refractivity contribution in [3.63, 3.8) is 0 Å². The summed E-state index contributed by atoms with van der Waals surface area (Å²) in [6.07, 6.45) is -2.50. The Bertz CT molecular complexity index is 461. The Morgan fingerprint density at radius 1 is 1.59 bits per heavy atom. The van der Waals surface area contributed by atoms with Gasteiger partial charge in [0.15, 0.2) is 0 Å². The summed E-state index contributed by atoms with van der Waals surface area (Å²) in [5.74, 6) is 0. The predicted molar refractivity (Wildman–Crippen MR) is 64.8 cm³/mol. The average Bonchev–Trinajstić information content (AvgIpc) is 2.65. The van der Waals surface area contributed by atoms with Crippen molar-refractivity contribution in [3.05, 3.63) is 0 Å². The van der Waals surface area contributed by atoms with Gasteiger partial charge in [-0.05, 0) is 20.8 Å². The molecule has 0 aromatic rings. The third kappa shape index (κ3) is 4.50. The predicted octanol–water partition coefficient (Wildman–Crippen LogP) is 1.94. The topological polar surface area (TPSA) is 41.6 Å². The molecule has 0 spiro atoms. The van der Waals surface area contributed by atoms with E-state index in [-0.39, 0.29) is 13.1 Å². The third-order valence-corrected chi connectivity index (χ3v) is 2.23. The standard InChI is InChI=1S/C12H23FN2O2/c1-8(2)14-10-7-15(6-9(10)13)11(16)17-12(3,4)5/h8-10,14H,6-7H2,1-5H3/t9-,10-/m0/s1/i1D3,2D3,8D. The number of ether oxygens (including phenoxy) is 1. The number of likely N-dealkylation sites (tertiary alicyclic amines) is 1. The molecule has 0 aromatic carbocycles. The molecular weight excluding hydrogens is 223 g/mol. The highest BCUT2D eigenvalue weighted by molar-refractivity contribution is 5.68. The van der Waals surface area contributed by atoms with Crippen LogP contribution in [0.3, 0.4) is 0 Å². The van der Waals surface area contributed by atoms with Crippen LogP contribution in [0.2, 0.25) is 0 Å². The summed E-state index contributed by atoms with van der Waals surface area (Å²) < 4.78 is 71.1. The molecule has 1 fully saturated rings. The van der Waals surface area contributed by atoms with Gasteiger partial charge < -0.3 is 15.0 Å². The second-order valence-corrected chi connectivity index (χ2v) is 5.03. The molecule has 1 aliphatic heterocycles. The van der Waals surface area contributed by atoms with Gasteiger partial charge in [0.2, 0.25) is 0 Å². The molecule has 0 bridgehead atoms. The summed E-state index contributed by atoms with van der Waals surface area (Å²) in [6.45, 7) is -2.16. The number of rotatable bonds is 2. The Hall–Kier alpha value is -0.840. The van der Waals surface area contributed by atoms with Gasteiger partial charge in [-0.2, -0.15) is 0 Å². The maximum atomic E-state index is 14.2. The lowest BCUT2D eigenvalue weighted by molar-refractivity contribution is 0.0282. The van der Waals surface area contributed by atoms with E-state index in [9.17, 15) is 9.18 Å². The van der Waals surface area contributed by atoms with Crippen molar-refractivity contribution in [2.45, 2.75) is 58.3 Å². The zero-order valence-electron chi connectivity index (χ0n) is 17.2. The SMILES string of the molecule is [2H]C([2H])([2H])C([2H])(N[C@H]1CN(C(=O)OC(C)(C)C)C[C@@H]1F)C([2H])([2H])[2H]. The summed E-state index contributed by atoms with van der Waals surface area (Å²) >= 11 is 0. The molecule has 0 saturated carbocycles. The van der Waals surface area contributed by atoms with Crippen LogP contribution in [0.25, 0.3) is 0 Å². The van der Waals surface area contributed by atoms with E-state index in [1.54, 1.807) is 20.8 Å². The first-order valence-corrected chi connectivity index (χ1v) is 5.38. The van der Waals surface area contributed by atoms with Crippen molar-refractivity contribution in [1.82, 2.24) is 10.2 Å². The van der Waals surface area contributed by atoms with Crippen LogP contribution < -0.4 is 5.32 Å². The first kappa shape index (κ1) is 6.92. The quantitative estimate of drug-likeness (QED) is 0.817. The number of hydrogen-bond acceptors (Lipinski definition) is 3. The van der Waals surface area contributed by atoms with Gasteiger partial charge >= 0.3 is 6.09 Å². The summed E-state index contributed by atoms with van der Waals surface area (Å²) in [6, 6.07) is -4.34. The lowest BCUT2D eigenvalue weighted by Gasteiger charge is -2.24. The van der Waals surface area contributed by atoms with Crippen molar-refractivity contribution >= 4 is 6.09 Å². The molecule has 1 amide bonds. The first-order chi connectivity index (χ1) is 10.5. The van der Waals surface area contributed by atoms with Crippen LogP contribution in [-0.2, 0) is 4.74 Å². The third-order valence-electron chi connectivity index (χ3n) is 2.23. The van der Waals surface area contributed by atoms with Gasteiger partial charge in [0.1, 0.15) is 11.8 Å². The molecule has 1 heterocycles. The van der Waals surface area contributed by atoms with Crippen LogP contribution in [0.4, 0.5) is 9.18 Å². The van der Waals surface area contributed by atoms with E-state index in [0.29, 0.717) is 0 Å². The zero-order chi connectivity index (χ0) is 19.1. The molecule has 2 atom stereocenters. The lowest BCUT2D eigenvalue weighted by Crippen LogP contribution is -2.42. The fourth-order valence-corrected chi connectivity index (χ4v) is 1.56. The highest BCUT2D eigenvalue weighted by atomic mass is 19.1. The number of nitrogens with one attached hydrogen (secondary N) is 1. The van der Waals surface area contributed by atoms with Crippen LogP contribution in [0.5, 0.6) is 0 Å². The van der Waals surface area contributed by atoms with Crippen molar-refractivity contribution in [1.29, 1.82) is 0 Å². The number of amides is 1. The summed E-state index contributed by atoms with van der Waals surface area (Å²) in [5, 5.41) is 2.09. The van der Waals surface area contributed by atoms with Crippen molar-refractivity contribution in [2.24, 2.45) is 0 Å². The molecule has 0 aliphatic carbocycles. The highest BCUT2D eigenvalue weighted by Gasteiger charge is 2.37. The largest absolute Gasteiger partial charge is 0.444 e. The molecule has 0 aromatic heterocycles. The van der Waals surface area contributed by atoms with Crippen LogP contribution >= 0.6 is 0 Å². The second-order valence-electron chi connectivity index (χ2n) is 5.03. The summed E-state index contributed by atoms with van der Waals surface area (Å²) in [7, 11) is 0. The molecule has 1 rings (SSSR count). The van der Waals surface area contributed by atoms with Crippen molar-refractivity contribution in [3.8, 4) is 0 Å². The van der Waals surface area contributed by atoms with E-state index in [4.69, 9.17) is 14.3 Å². The van der Waals surface area contributed by atoms with Gasteiger partial charge in [-0.1, -0.05) is 13.7 Å². The minimum atomic E-state index is -3.21. The van der Waals surface area contributed by atoms with E-state index in [1.807, 2.05) is 0 Å². The summed E-state index contributed by atoms with van der Waals surface area (Å²) in [5.41, 5.74) is -0.787. The normalized spacial score (nSPS) is 33.6. The smallest absolute Gasteiger partial charge is 0.410 e. The number of nitrogens with zero attached hydrogens (tertiary/aromatic N) is 1. The molecule has 0 unspecified atom stereocenters. The second kappa shape index (κ2) is 5.21. The minimum Gasteiger partial charge on any atom is -0.444 e. The molecule has 1 N–H and O–H groups in total. The van der Waals surface area contributed by atoms with Gasteiger partial charge in [0.25, 0.3) is 0 Å². The zero-order valence-corrected chi connectivity index (χ0v) is 10.2. The Morgan fingerprint density at radius 3 is 2.76 bits per heavy atom. The van der Waals surface area contributed by atoms with Gasteiger partial charge in [0.05, 0.1) is 12.6 Å². The Balaban J connectivity index is 2.90. The van der Waals surface area contributed by atoms with E-state index in [0.717, 1.165) is 4.90 Å². The van der Waals surface area contributed by atoms with Crippen molar-refractivity contribution in [2.75, 3.05) is 13.1 Å². The minimum absolute atomic E-state index is 0.289. The molecule has 1 saturated heterocycles. The van der Waals surface area contributed by atoms with E-state index >= 15 is 0 Å². The average molecular weight is 253 g/mol. The van der Waals surface area contributed by atoms with Gasteiger partial charge in [0, 0.05) is 22.2 Å². The monoisotopic (exact) mass is 253 g/mol. The molecule has 1 aliphatic rings. The van der Waals surface area contributed by atoms with Gasteiger partial charge in [-0.15, -0.1) is 0 Å². The molecule has 100 valence electrons. The highest BCUT2D eigenvalue weighted by Crippen LogP contribution is 2.18. The Kier molecular flexibility index (Phi) is 2.12. The molecule has 0 radical (unpaired) electrons.